The van der Waals surface area contributed by atoms with Crippen LogP contribution < -0.4 is 11.3 Å². The number of rotatable bonds is 5. The highest BCUT2D eigenvalue weighted by Gasteiger charge is 2.22. The summed E-state index contributed by atoms with van der Waals surface area (Å²) >= 11 is 6.02. The molecule has 1 aromatic heterocycles. The molecule has 0 aliphatic carbocycles. The summed E-state index contributed by atoms with van der Waals surface area (Å²) in [5.74, 6) is 5.53. The predicted molar refractivity (Wildman–Crippen MR) is 73.5 cm³/mol. The van der Waals surface area contributed by atoms with E-state index >= 15 is 0 Å². The number of aromatic nitrogens is 1. The molecule has 0 saturated carbocycles. The van der Waals surface area contributed by atoms with Crippen LogP contribution in [0.2, 0.25) is 5.02 Å². The Morgan fingerprint density at radius 1 is 1.56 bits per heavy atom. The van der Waals surface area contributed by atoms with Crippen molar-refractivity contribution in [2.75, 3.05) is 12.0 Å². The van der Waals surface area contributed by atoms with Gasteiger partial charge in [0.25, 0.3) is 5.91 Å². The van der Waals surface area contributed by atoms with Crippen molar-refractivity contribution in [3.05, 3.63) is 22.8 Å². The van der Waals surface area contributed by atoms with Crippen molar-refractivity contribution < 1.29 is 4.79 Å². The second kappa shape index (κ2) is 6.56. The number of amides is 1. The Labute approximate surface area is 112 Å². The van der Waals surface area contributed by atoms with E-state index < -0.39 is 0 Å². The van der Waals surface area contributed by atoms with Crippen molar-refractivity contribution in [2.45, 2.75) is 33.2 Å². The molecule has 1 rings (SSSR count). The summed E-state index contributed by atoms with van der Waals surface area (Å²) in [6.45, 7) is 6.59. The molecule has 1 unspecified atom stereocenters. The van der Waals surface area contributed by atoms with Gasteiger partial charge in [0.05, 0.1) is 5.02 Å². The Morgan fingerprint density at radius 3 is 2.72 bits per heavy atom. The first-order valence-electron chi connectivity index (χ1n) is 5.99. The van der Waals surface area contributed by atoms with Crippen LogP contribution in [-0.2, 0) is 0 Å². The van der Waals surface area contributed by atoms with E-state index in [1.165, 1.54) is 0 Å². The molecule has 18 heavy (non-hydrogen) atoms. The van der Waals surface area contributed by atoms with Crippen LogP contribution in [0.3, 0.4) is 0 Å². The summed E-state index contributed by atoms with van der Waals surface area (Å²) in [4.78, 5) is 18.2. The maximum atomic E-state index is 12.4. The Bertz CT molecular complexity index is 425. The highest BCUT2D eigenvalue weighted by molar-refractivity contribution is 6.33. The number of hydrogen-bond donors (Lipinski definition) is 2. The summed E-state index contributed by atoms with van der Waals surface area (Å²) in [5.41, 5.74) is 2.64. The smallest absolute Gasteiger partial charge is 0.274 e. The van der Waals surface area contributed by atoms with E-state index in [0.717, 1.165) is 6.42 Å². The van der Waals surface area contributed by atoms with Crippen LogP contribution in [0.4, 0.5) is 5.82 Å². The van der Waals surface area contributed by atoms with Gasteiger partial charge in [0.2, 0.25) is 0 Å². The van der Waals surface area contributed by atoms with Crippen molar-refractivity contribution in [1.29, 1.82) is 0 Å². The van der Waals surface area contributed by atoms with E-state index in [9.17, 15) is 4.79 Å². The number of hydrazine groups is 1. The van der Waals surface area contributed by atoms with E-state index in [1.54, 1.807) is 17.0 Å². The molecule has 3 N–H and O–H groups in total. The van der Waals surface area contributed by atoms with Gasteiger partial charge in [-0.05, 0) is 32.4 Å². The molecule has 0 radical (unpaired) electrons. The summed E-state index contributed by atoms with van der Waals surface area (Å²) in [7, 11) is 0. The summed E-state index contributed by atoms with van der Waals surface area (Å²) in [6.07, 6.45) is 0.881. The Hall–Kier alpha value is -1.33. The third kappa shape index (κ3) is 3.11. The zero-order chi connectivity index (χ0) is 13.7. The van der Waals surface area contributed by atoms with Crippen LogP contribution in [0.1, 0.15) is 37.7 Å². The number of nitrogen functional groups attached to an aromatic ring is 1. The number of nitrogens with one attached hydrogen (secondary N) is 1. The van der Waals surface area contributed by atoms with Crippen molar-refractivity contribution in [2.24, 2.45) is 5.84 Å². The molecular weight excluding hydrogens is 252 g/mol. The van der Waals surface area contributed by atoms with Crippen molar-refractivity contribution in [1.82, 2.24) is 9.88 Å². The van der Waals surface area contributed by atoms with Gasteiger partial charge in [-0.15, -0.1) is 0 Å². The minimum atomic E-state index is -0.172. The molecule has 100 valence electrons. The highest BCUT2D eigenvalue weighted by Crippen LogP contribution is 2.19. The lowest BCUT2D eigenvalue weighted by molar-refractivity contribution is 0.0694. The maximum absolute atomic E-state index is 12.4. The largest absolute Gasteiger partial charge is 0.335 e. The predicted octanol–water partition coefficient (Wildman–Crippen LogP) is 2.28. The molecule has 1 atom stereocenters. The zero-order valence-corrected chi connectivity index (χ0v) is 11.7. The number of nitrogens with zero attached hydrogens (tertiary/aromatic N) is 2. The van der Waals surface area contributed by atoms with E-state index in [2.05, 4.69) is 10.4 Å². The second-order valence-electron chi connectivity index (χ2n) is 4.02. The number of anilines is 1. The average molecular weight is 271 g/mol. The molecule has 0 aliphatic rings. The van der Waals surface area contributed by atoms with Gasteiger partial charge >= 0.3 is 0 Å². The lowest BCUT2D eigenvalue weighted by Gasteiger charge is -2.27. The third-order valence-electron chi connectivity index (χ3n) is 2.92. The Morgan fingerprint density at radius 2 is 2.22 bits per heavy atom. The van der Waals surface area contributed by atoms with Crippen LogP contribution in [0, 0.1) is 0 Å². The molecule has 5 nitrogen and oxygen atoms in total. The Kier molecular flexibility index (Phi) is 5.37. The van der Waals surface area contributed by atoms with E-state index in [1.807, 2.05) is 20.8 Å². The van der Waals surface area contributed by atoms with Gasteiger partial charge < -0.3 is 10.3 Å². The minimum Gasteiger partial charge on any atom is -0.335 e. The first-order valence-corrected chi connectivity index (χ1v) is 6.37. The van der Waals surface area contributed by atoms with E-state index in [0.29, 0.717) is 17.4 Å². The molecule has 1 amide bonds. The van der Waals surface area contributed by atoms with Gasteiger partial charge in [-0.25, -0.2) is 10.8 Å². The van der Waals surface area contributed by atoms with Crippen molar-refractivity contribution in [3.63, 3.8) is 0 Å². The van der Waals surface area contributed by atoms with Gasteiger partial charge in [0.1, 0.15) is 11.5 Å². The van der Waals surface area contributed by atoms with E-state index in [-0.39, 0.29) is 17.6 Å². The number of carbonyl (C=O) groups excluding carboxylic acids is 1. The van der Waals surface area contributed by atoms with Crippen LogP contribution in [0.25, 0.3) is 0 Å². The van der Waals surface area contributed by atoms with Gasteiger partial charge in [-0.1, -0.05) is 18.5 Å². The zero-order valence-electron chi connectivity index (χ0n) is 10.9. The minimum absolute atomic E-state index is 0.148. The standard InChI is InChI=1S/C12H19ClN4O/c1-4-8(3)17(5-2)12(18)11-9(13)6-7-10(15-11)16-14/h6-8H,4-5,14H2,1-3H3,(H,15,16). The third-order valence-corrected chi connectivity index (χ3v) is 3.23. The van der Waals surface area contributed by atoms with Crippen LogP contribution in [0.15, 0.2) is 12.1 Å². The molecule has 6 heteroatoms. The SMILES string of the molecule is CCC(C)N(CC)C(=O)c1nc(NN)ccc1Cl. The second-order valence-corrected chi connectivity index (χ2v) is 4.43. The quantitative estimate of drug-likeness (QED) is 0.636. The number of pyridine rings is 1. The Balaban J connectivity index is 3.08. The van der Waals surface area contributed by atoms with Crippen LogP contribution >= 0.6 is 11.6 Å². The van der Waals surface area contributed by atoms with Crippen LogP contribution in [0.5, 0.6) is 0 Å². The van der Waals surface area contributed by atoms with Gasteiger partial charge in [0.15, 0.2) is 0 Å². The molecule has 1 heterocycles. The molecule has 0 aliphatic heterocycles. The molecular formula is C12H19ClN4O. The maximum Gasteiger partial charge on any atom is 0.274 e. The number of hydrogen-bond acceptors (Lipinski definition) is 4. The number of halogens is 1. The topological polar surface area (TPSA) is 71.2 Å². The highest BCUT2D eigenvalue weighted by atomic mass is 35.5. The normalized spacial score (nSPS) is 12.1. The fourth-order valence-electron chi connectivity index (χ4n) is 1.68. The summed E-state index contributed by atoms with van der Waals surface area (Å²) in [6, 6.07) is 3.38. The van der Waals surface area contributed by atoms with Gasteiger partial charge in [0, 0.05) is 12.6 Å². The molecule has 0 bridgehead atoms. The van der Waals surface area contributed by atoms with Crippen LogP contribution in [-0.4, -0.2) is 28.4 Å². The lowest BCUT2D eigenvalue weighted by Crippen LogP contribution is -2.38. The average Bonchev–Trinajstić information content (AvgIpc) is 2.39. The number of nitrogens with two attached hydrogens (primary N) is 1. The fourth-order valence-corrected chi connectivity index (χ4v) is 1.87. The summed E-state index contributed by atoms with van der Waals surface area (Å²) < 4.78 is 0. The van der Waals surface area contributed by atoms with Crippen molar-refractivity contribution >= 4 is 23.3 Å². The first kappa shape index (κ1) is 14.7. The lowest BCUT2D eigenvalue weighted by atomic mass is 10.2. The molecule has 0 saturated heterocycles. The van der Waals surface area contributed by atoms with Gasteiger partial charge in [-0.2, -0.15) is 0 Å². The number of carbonyl (C=O) groups is 1. The fraction of sp³-hybridized carbons (Fsp3) is 0.500. The van der Waals surface area contributed by atoms with Gasteiger partial charge in [-0.3, -0.25) is 4.79 Å². The molecule has 1 aromatic rings. The molecule has 0 aromatic carbocycles. The van der Waals surface area contributed by atoms with Crippen molar-refractivity contribution in [3.8, 4) is 0 Å². The molecule has 0 fully saturated rings. The first-order chi connectivity index (χ1) is 8.54. The van der Waals surface area contributed by atoms with E-state index in [4.69, 9.17) is 17.4 Å². The summed E-state index contributed by atoms with van der Waals surface area (Å²) in [5, 5.41) is 0.334. The molecule has 0 spiro atoms. The monoisotopic (exact) mass is 270 g/mol.